The van der Waals surface area contributed by atoms with Crippen LogP contribution in [0.3, 0.4) is 0 Å². The van der Waals surface area contributed by atoms with Crippen LogP contribution in [0.25, 0.3) is 10.8 Å². The molecule has 1 aromatic heterocycles. The first-order valence-corrected chi connectivity index (χ1v) is 6.09. The SMILES string of the molecule is O=C(Cc1cccc2ccccc12)Nc1cc[nH]n1. The second kappa shape index (κ2) is 4.94. The quantitative estimate of drug-likeness (QED) is 0.752. The third-order valence-electron chi connectivity index (χ3n) is 3.00. The molecule has 3 rings (SSSR count). The van der Waals surface area contributed by atoms with Crippen molar-refractivity contribution in [2.45, 2.75) is 6.42 Å². The largest absolute Gasteiger partial charge is 0.309 e. The number of aromatic nitrogens is 2. The van der Waals surface area contributed by atoms with E-state index < -0.39 is 0 Å². The Morgan fingerprint density at radius 2 is 1.95 bits per heavy atom. The standard InChI is InChI=1S/C15H13N3O/c19-15(17-14-8-9-16-18-14)10-12-6-3-5-11-4-1-2-7-13(11)12/h1-9H,10H2,(H2,16,17,18,19). The van der Waals surface area contributed by atoms with E-state index in [9.17, 15) is 4.79 Å². The van der Waals surface area contributed by atoms with E-state index in [0.29, 0.717) is 12.2 Å². The molecule has 0 aliphatic rings. The number of carbonyl (C=O) groups is 1. The van der Waals surface area contributed by atoms with Crippen LogP contribution in [0, 0.1) is 0 Å². The van der Waals surface area contributed by atoms with Crippen LogP contribution in [0.4, 0.5) is 5.82 Å². The summed E-state index contributed by atoms with van der Waals surface area (Å²) in [7, 11) is 0. The maximum atomic E-state index is 12.0. The van der Waals surface area contributed by atoms with Crippen molar-refractivity contribution in [3.8, 4) is 0 Å². The predicted octanol–water partition coefficient (Wildman–Crippen LogP) is 2.74. The highest BCUT2D eigenvalue weighted by atomic mass is 16.1. The summed E-state index contributed by atoms with van der Waals surface area (Å²) in [5, 5.41) is 11.6. The van der Waals surface area contributed by atoms with Gasteiger partial charge in [-0.3, -0.25) is 9.89 Å². The number of hydrogen-bond acceptors (Lipinski definition) is 2. The second-order valence-corrected chi connectivity index (χ2v) is 4.32. The third kappa shape index (κ3) is 2.47. The zero-order valence-electron chi connectivity index (χ0n) is 10.3. The van der Waals surface area contributed by atoms with E-state index in [1.165, 1.54) is 0 Å². The first-order valence-electron chi connectivity index (χ1n) is 6.09. The molecule has 0 saturated heterocycles. The zero-order chi connectivity index (χ0) is 13.1. The molecule has 3 aromatic rings. The molecule has 2 aromatic carbocycles. The molecule has 0 aliphatic heterocycles. The van der Waals surface area contributed by atoms with Crippen LogP contribution in [-0.4, -0.2) is 16.1 Å². The highest BCUT2D eigenvalue weighted by Gasteiger charge is 2.07. The molecule has 1 amide bonds. The van der Waals surface area contributed by atoms with Gasteiger partial charge in [-0.15, -0.1) is 0 Å². The Morgan fingerprint density at radius 1 is 1.11 bits per heavy atom. The van der Waals surface area contributed by atoms with Gasteiger partial charge in [0.1, 0.15) is 0 Å². The van der Waals surface area contributed by atoms with Gasteiger partial charge in [-0.2, -0.15) is 5.10 Å². The number of nitrogens with zero attached hydrogens (tertiary/aromatic N) is 1. The molecule has 0 bridgehead atoms. The number of nitrogens with one attached hydrogen (secondary N) is 2. The molecule has 19 heavy (non-hydrogen) atoms. The topological polar surface area (TPSA) is 57.8 Å². The lowest BCUT2D eigenvalue weighted by atomic mass is 10.0. The fraction of sp³-hybridized carbons (Fsp3) is 0.0667. The first-order chi connectivity index (χ1) is 9.33. The Balaban J connectivity index is 1.83. The average Bonchev–Trinajstić information content (AvgIpc) is 2.92. The lowest BCUT2D eigenvalue weighted by Crippen LogP contribution is -2.14. The van der Waals surface area contributed by atoms with Crippen molar-refractivity contribution in [1.29, 1.82) is 0 Å². The van der Waals surface area contributed by atoms with Crippen LogP contribution in [0.15, 0.2) is 54.7 Å². The van der Waals surface area contributed by atoms with E-state index >= 15 is 0 Å². The van der Waals surface area contributed by atoms with E-state index in [0.717, 1.165) is 16.3 Å². The minimum Gasteiger partial charge on any atom is -0.309 e. The van der Waals surface area contributed by atoms with Gasteiger partial charge in [-0.25, -0.2) is 0 Å². The minimum absolute atomic E-state index is 0.0662. The number of fused-ring (bicyclic) bond motifs is 1. The van der Waals surface area contributed by atoms with Crippen molar-refractivity contribution in [3.63, 3.8) is 0 Å². The molecule has 1 heterocycles. The van der Waals surface area contributed by atoms with Gasteiger partial charge >= 0.3 is 0 Å². The summed E-state index contributed by atoms with van der Waals surface area (Å²) < 4.78 is 0. The summed E-state index contributed by atoms with van der Waals surface area (Å²) in [5.74, 6) is 0.480. The molecule has 94 valence electrons. The van der Waals surface area contributed by atoms with Gasteiger partial charge in [0, 0.05) is 12.3 Å². The van der Waals surface area contributed by atoms with Crippen molar-refractivity contribution in [3.05, 3.63) is 60.3 Å². The molecular formula is C15H13N3O. The first kappa shape index (κ1) is 11.5. The van der Waals surface area contributed by atoms with Crippen LogP contribution in [0.5, 0.6) is 0 Å². The van der Waals surface area contributed by atoms with Crippen molar-refractivity contribution >= 4 is 22.5 Å². The molecule has 4 nitrogen and oxygen atoms in total. The van der Waals surface area contributed by atoms with Crippen LogP contribution in [0.2, 0.25) is 0 Å². The van der Waals surface area contributed by atoms with Gasteiger partial charge in [0.15, 0.2) is 5.82 Å². The van der Waals surface area contributed by atoms with E-state index in [2.05, 4.69) is 15.5 Å². The molecule has 0 fully saturated rings. The van der Waals surface area contributed by atoms with Gasteiger partial charge in [0.05, 0.1) is 6.42 Å². The molecule has 0 aliphatic carbocycles. The smallest absolute Gasteiger partial charge is 0.230 e. The number of H-pyrrole nitrogens is 1. The van der Waals surface area contributed by atoms with E-state index in [-0.39, 0.29) is 5.91 Å². The minimum atomic E-state index is -0.0662. The van der Waals surface area contributed by atoms with Gasteiger partial charge in [-0.05, 0) is 16.3 Å². The van der Waals surface area contributed by atoms with Crippen molar-refractivity contribution in [2.75, 3.05) is 5.32 Å². The maximum Gasteiger partial charge on any atom is 0.230 e. The van der Waals surface area contributed by atoms with E-state index in [1.807, 2.05) is 42.5 Å². The number of rotatable bonds is 3. The number of aromatic amines is 1. The highest BCUT2D eigenvalue weighted by Crippen LogP contribution is 2.19. The molecule has 4 heteroatoms. The Bertz CT molecular complexity index is 699. The molecule has 0 atom stereocenters. The van der Waals surface area contributed by atoms with E-state index in [1.54, 1.807) is 12.3 Å². The summed E-state index contributed by atoms with van der Waals surface area (Å²) >= 11 is 0. The van der Waals surface area contributed by atoms with Gasteiger partial charge in [0.25, 0.3) is 0 Å². The van der Waals surface area contributed by atoms with Crippen molar-refractivity contribution in [2.24, 2.45) is 0 Å². The highest BCUT2D eigenvalue weighted by molar-refractivity contribution is 5.95. The van der Waals surface area contributed by atoms with Crippen LogP contribution in [0.1, 0.15) is 5.56 Å². The molecule has 0 unspecified atom stereocenters. The maximum absolute atomic E-state index is 12.0. The molecular weight excluding hydrogens is 238 g/mol. The molecule has 2 N–H and O–H groups in total. The van der Waals surface area contributed by atoms with Crippen molar-refractivity contribution < 1.29 is 4.79 Å². The molecule has 0 saturated carbocycles. The van der Waals surface area contributed by atoms with Gasteiger partial charge in [-0.1, -0.05) is 42.5 Å². The Morgan fingerprint density at radius 3 is 2.79 bits per heavy atom. The fourth-order valence-corrected chi connectivity index (χ4v) is 2.14. The number of carbonyl (C=O) groups excluding carboxylic acids is 1. The summed E-state index contributed by atoms with van der Waals surface area (Å²) in [4.78, 5) is 12.0. The fourth-order valence-electron chi connectivity index (χ4n) is 2.14. The van der Waals surface area contributed by atoms with E-state index in [4.69, 9.17) is 0 Å². The van der Waals surface area contributed by atoms with Gasteiger partial charge < -0.3 is 5.32 Å². The average molecular weight is 251 g/mol. The number of benzene rings is 2. The monoisotopic (exact) mass is 251 g/mol. The summed E-state index contributed by atoms with van der Waals surface area (Å²) in [6.45, 7) is 0. The number of amides is 1. The Labute approximate surface area is 110 Å². The third-order valence-corrected chi connectivity index (χ3v) is 3.00. The van der Waals surface area contributed by atoms with Crippen LogP contribution < -0.4 is 5.32 Å². The number of anilines is 1. The summed E-state index contributed by atoms with van der Waals surface area (Å²) in [6.07, 6.45) is 2.02. The summed E-state index contributed by atoms with van der Waals surface area (Å²) in [6, 6.07) is 15.8. The van der Waals surface area contributed by atoms with Crippen LogP contribution >= 0.6 is 0 Å². The lowest BCUT2D eigenvalue weighted by molar-refractivity contribution is -0.115. The molecule has 0 radical (unpaired) electrons. The second-order valence-electron chi connectivity index (χ2n) is 4.32. The normalized spacial score (nSPS) is 10.5. The van der Waals surface area contributed by atoms with Crippen LogP contribution in [-0.2, 0) is 11.2 Å². The molecule has 0 spiro atoms. The zero-order valence-corrected chi connectivity index (χ0v) is 10.3. The predicted molar refractivity (Wildman–Crippen MR) is 74.9 cm³/mol. The van der Waals surface area contributed by atoms with Gasteiger partial charge in [0.2, 0.25) is 5.91 Å². The number of hydrogen-bond donors (Lipinski definition) is 2. The Hall–Kier alpha value is -2.62. The Kier molecular flexibility index (Phi) is 2.98. The lowest BCUT2D eigenvalue weighted by Gasteiger charge is -2.06. The van der Waals surface area contributed by atoms with Crippen molar-refractivity contribution in [1.82, 2.24) is 10.2 Å². The summed E-state index contributed by atoms with van der Waals surface area (Å²) in [5.41, 5.74) is 1.02.